The fraction of sp³-hybridized carbons (Fsp3) is 0.765. The van der Waals surface area contributed by atoms with Gasteiger partial charge >= 0.3 is 0 Å². The molecule has 1 aromatic heterocycles. The van der Waals surface area contributed by atoms with Crippen LogP contribution in [0.5, 0.6) is 0 Å². The second kappa shape index (κ2) is 8.32. The molecule has 2 N–H and O–H groups in total. The molecule has 1 fully saturated rings. The lowest BCUT2D eigenvalue weighted by Crippen LogP contribution is -2.37. The summed E-state index contributed by atoms with van der Waals surface area (Å²) in [5.41, 5.74) is 1.60. The Labute approximate surface area is 133 Å². The van der Waals surface area contributed by atoms with Crippen LogP contribution in [0.25, 0.3) is 0 Å². The zero-order valence-electron chi connectivity index (χ0n) is 14.2. The van der Waals surface area contributed by atoms with E-state index >= 15 is 0 Å². The van der Waals surface area contributed by atoms with Gasteiger partial charge < -0.3 is 10.6 Å². The van der Waals surface area contributed by atoms with Gasteiger partial charge in [-0.05, 0) is 24.8 Å². The first-order valence-corrected chi connectivity index (χ1v) is 8.63. The third-order valence-corrected chi connectivity index (χ3v) is 4.44. The van der Waals surface area contributed by atoms with Crippen LogP contribution in [0.15, 0.2) is 6.07 Å². The maximum atomic E-state index is 12.1. The Bertz CT molecular complexity index is 473. The molecular formula is C17H30N4O. The van der Waals surface area contributed by atoms with Crippen LogP contribution in [-0.2, 0) is 7.05 Å². The molecule has 1 amide bonds. The number of hydrogen-bond donors (Lipinski definition) is 2. The van der Waals surface area contributed by atoms with Gasteiger partial charge in [-0.2, -0.15) is 5.10 Å². The van der Waals surface area contributed by atoms with Gasteiger partial charge in [-0.15, -0.1) is 0 Å². The smallest absolute Gasteiger partial charge is 0.271 e. The van der Waals surface area contributed by atoms with Gasteiger partial charge in [0.15, 0.2) is 0 Å². The SMILES string of the molecule is CC(C)c1cc(C(=O)NCCNC2CCCCCC2)nn1C. The van der Waals surface area contributed by atoms with E-state index in [-0.39, 0.29) is 5.91 Å². The topological polar surface area (TPSA) is 59.0 Å². The zero-order chi connectivity index (χ0) is 15.9. The van der Waals surface area contributed by atoms with E-state index in [1.165, 1.54) is 38.5 Å². The van der Waals surface area contributed by atoms with E-state index in [9.17, 15) is 4.79 Å². The summed E-state index contributed by atoms with van der Waals surface area (Å²) < 4.78 is 1.79. The molecule has 0 bridgehead atoms. The molecular weight excluding hydrogens is 276 g/mol. The Hall–Kier alpha value is -1.36. The number of amides is 1. The van der Waals surface area contributed by atoms with E-state index in [0.717, 1.165) is 12.2 Å². The molecule has 0 aliphatic heterocycles. The Kier molecular flexibility index (Phi) is 6.43. The maximum Gasteiger partial charge on any atom is 0.271 e. The highest BCUT2D eigenvalue weighted by atomic mass is 16.1. The summed E-state index contributed by atoms with van der Waals surface area (Å²) in [6.07, 6.45) is 7.93. The van der Waals surface area contributed by atoms with E-state index in [1.807, 2.05) is 13.1 Å². The quantitative estimate of drug-likeness (QED) is 0.627. The number of aryl methyl sites for hydroxylation is 1. The molecule has 22 heavy (non-hydrogen) atoms. The second-order valence-electron chi connectivity index (χ2n) is 6.63. The monoisotopic (exact) mass is 306 g/mol. The fourth-order valence-electron chi connectivity index (χ4n) is 3.16. The first kappa shape index (κ1) is 17.0. The molecule has 0 atom stereocenters. The average Bonchev–Trinajstić information content (AvgIpc) is 2.71. The molecule has 1 aliphatic rings. The number of carbonyl (C=O) groups is 1. The van der Waals surface area contributed by atoms with Crippen molar-refractivity contribution in [3.05, 3.63) is 17.5 Å². The van der Waals surface area contributed by atoms with Crippen LogP contribution >= 0.6 is 0 Å². The van der Waals surface area contributed by atoms with Gasteiger partial charge in [0.1, 0.15) is 5.69 Å². The van der Waals surface area contributed by atoms with Gasteiger partial charge in [0.25, 0.3) is 5.91 Å². The normalized spacial score (nSPS) is 16.7. The van der Waals surface area contributed by atoms with Gasteiger partial charge in [0.05, 0.1) is 0 Å². The van der Waals surface area contributed by atoms with Crippen LogP contribution in [-0.4, -0.2) is 34.8 Å². The number of nitrogens with zero attached hydrogens (tertiary/aromatic N) is 2. The summed E-state index contributed by atoms with van der Waals surface area (Å²) in [4.78, 5) is 12.1. The summed E-state index contributed by atoms with van der Waals surface area (Å²) in [6.45, 7) is 5.70. The fourth-order valence-corrected chi connectivity index (χ4v) is 3.16. The van der Waals surface area contributed by atoms with Gasteiger partial charge in [-0.1, -0.05) is 39.5 Å². The van der Waals surface area contributed by atoms with Crippen LogP contribution in [0.2, 0.25) is 0 Å². The molecule has 1 heterocycles. The Balaban J connectivity index is 1.72. The highest BCUT2D eigenvalue weighted by molar-refractivity contribution is 5.92. The van der Waals surface area contributed by atoms with Crippen LogP contribution in [0.4, 0.5) is 0 Å². The average molecular weight is 306 g/mol. The molecule has 0 unspecified atom stereocenters. The van der Waals surface area contributed by atoms with Gasteiger partial charge in [0, 0.05) is 31.9 Å². The number of hydrogen-bond acceptors (Lipinski definition) is 3. The van der Waals surface area contributed by atoms with Crippen molar-refractivity contribution in [2.75, 3.05) is 13.1 Å². The lowest BCUT2D eigenvalue weighted by Gasteiger charge is -2.16. The summed E-state index contributed by atoms with van der Waals surface area (Å²) in [5, 5.41) is 10.8. The minimum atomic E-state index is -0.0785. The van der Waals surface area contributed by atoms with Crippen molar-refractivity contribution in [2.45, 2.75) is 64.3 Å². The van der Waals surface area contributed by atoms with Crippen molar-refractivity contribution in [1.82, 2.24) is 20.4 Å². The van der Waals surface area contributed by atoms with Crippen molar-refractivity contribution in [2.24, 2.45) is 7.05 Å². The number of aromatic nitrogens is 2. The molecule has 5 heteroatoms. The lowest BCUT2D eigenvalue weighted by atomic mass is 10.1. The predicted octanol–water partition coefficient (Wildman–Crippen LogP) is 2.59. The highest BCUT2D eigenvalue weighted by Crippen LogP contribution is 2.17. The van der Waals surface area contributed by atoms with Crippen molar-refractivity contribution in [3.8, 4) is 0 Å². The van der Waals surface area contributed by atoms with Crippen LogP contribution in [0.3, 0.4) is 0 Å². The summed E-state index contributed by atoms with van der Waals surface area (Å²) >= 11 is 0. The first-order chi connectivity index (χ1) is 10.6. The van der Waals surface area contributed by atoms with Crippen LogP contribution < -0.4 is 10.6 Å². The van der Waals surface area contributed by atoms with Crippen molar-refractivity contribution in [3.63, 3.8) is 0 Å². The molecule has 1 aromatic rings. The zero-order valence-corrected chi connectivity index (χ0v) is 14.2. The number of carbonyl (C=O) groups excluding carboxylic acids is 1. The Morgan fingerprint density at radius 2 is 1.95 bits per heavy atom. The molecule has 2 rings (SSSR count). The van der Waals surface area contributed by atoms with Gasteiger partial charge in [0.2, 0.25) is 0 Å². The molecule has 0 spiro atoms. The second-order valence-corrected chi connectivity index (χ2v) is 6.63. The third kappa shape index (κ3) is 4.83. The highest BCUT2D eigenvalue weighted by Gasteiger charge is 2.15. The minimum absolute atomic E-state index is 0.0785. The number of rotatable bonds is 6. The van der Waals surface area contributed by atoms with Crippen molar-refractivity contribution < 1.29 is 4.79 Å². The van der Waals surface area contributed by atoms with Crippen molar-refractivity contribution in [1.29, 1.82) is 0 Å². The first-order valence-electron chi connectivity index (χ1n) is 8.63. The molecule has 124 valence electrons. The molecule has 0 saturated heterocycles. The molecule has 0 radical (unpaired) electrons. The standard InChI is InChI=1S/C17H30N4O/c1-13(2)16-12-15(20-21(16)3)17(22)19-11-10-18-14-8-6-4-5-7-9-14/h12-14,18H,4-11H2,1-3H3,(H,19,22). The molecule has 0 aromatic carbocycles. The van der Waals surface area contributed by atoms with E-state index in [0.29, 0.717) is 24.2 Å². The minimum Gasteiger partial charge on any atom is -0.349 e. The Morgan fingerprint density at radius 1 is 1.27 bits per heavy atom. The van der Waals surface area contributed by atoms with Crippen molar-refractivity contribution >= 4 is 5.91 Å². The summed E-state index contributed by atoms with van der Waals surface area (Å²) in [6, 6.07) is 2.51. The van der Waals surface area contributed by atoms with Gasteiger partial charge in [-0.25, -0.2) is 0 Å². The van der Waals surface area contributed by atoms with Crippen LogP contribution in [0.1, 0.15) is 74.5 Å². The molecule has 1 saturated carbocycles. The summed E-state index contributed by atoms with van der Waals surface area (Å²) in [5.74, 6) is 0.293. The van der Waals surface area contributed by atoms with Gasteiger partial charge in [-0.3, -0.25) is 9.48 Å². The summed E-state index contributed by atoms with van der Waals surface area (Å²) in [7, 11) is 1.89. The largest absolute Gasteiger partial charge is 0.349 e. The maximum absolute atomic E-state index is 12.1. The van der Waals surface area contributed by atoms with E-state index in [1.54, 1.807) is 4.68 Å². The third-order valence-electron chi connectivity index (χ3n) is 4.44. The Morgan fingerprint density at radius 3 is 2.55 bits per heavy atom. The van der Waals surface area contributed by atoms with E-state index in [2.05, 4.69) is 29.6 Å². The predicted molar refractivity (Wildman–Crippen MR) is 89.1 cm³/mol. The number of nitrogens with one attached hydrogen (secondary N) is 2. The van der Waals surface area contributed by atoms with E-state index in [4.69, 9.17) is 0 Å². The lowest BCUT2D eigenvalue weighted by molar-refractivity contribution is 0.0948. The van der Waals surface area contributed by atoms with E-state index < -0.39 is 0 Å². The van der Waals surface area contributed by atoms with Crippen LogP contribution in [0, 0.1) is 0 Å². The molecule has 5 nitrogen and oxygen atoms in total. The molecule has 1 aliphatic carbocycles.